The van der Waals surface area contributed by atoms with Gasteiger partial charge in [-0.2, -0.15) is 9.57 Å². The molecule has 8 heteroatoms. The summed E-state index contributed by atoms with van der Waals surface area (Å²) in [6.45, 7) is -0.130. The first-order valence-corrected chi connectivity index (χ1v) is 8.83. The molecule has 2 rings (SSSR count). The molecule has 0 N–H and O–H groups in total. The fraction of sp³-hybridized carbons (Fsp3) is 0.364. The molecule has 0 aliphatic carbocycles. The van der Waals surface area contributed by atoms with Crippen LogP contribution in [0, 0.1) is 11.3 Å². The van der Waals surface area contributed by atoms with Gasteiger partial charge in [0.05, 0.1) is 22.0 Å². The van der Waals surface area contributed by atoms with Gasteiger partial charge in [-0.25, -0.2) is 16.8 Å². The van der Waals surface area contributed by atoms with Gasteiger partial charge in [0.25, 0.3) is 0 Å². The van der Waals surface area contributed by atoms with Gasteiger partial charge >= 0.3 is 0 Å². The lowest BCUT2D eigenvalue weighted by molar-refractivity contribution is 0.430. The van der Waals surface area contributed by atoms with Gasteiger partial charge in [-0.15, -0.1) is 0 Å². The molecule has 0 radical (unpaired) electrons. The lowest BCUT2D eigenvalue weighted by Crippen LogP contribution is -2.43. The molecular weight excluding hydrogens is 288 g/mol. The molecule has 1 aliphatic heterocycles. The van der Waals surface area contributed by atoms with E-state index in [1.165, 1.54) is 18.2 Å². The molecule has 0 aromatic heterocycles. The third-order valence-electron chi connectivity index (χ3n) is 2.93. The fourth-order valence-corrected chi connectivity index (χ4v) is 4.88. The standard InChI is InChI=1S/C11H12N2O4S2/c12-9-10-3-1-2-4-11(10)19(16,17)13-5-7-18(14,15)8-6-13/h1-4H,5-8H2. The molecule has 19 heavy (non-hydrogen) atoms. The Kier molecular flexibility index (Phi) is 3.62. The summed E-state index contributed by atoms with van der Waals surface area (Å²) in [5, 5.41) is 8.93. The second kappa shape index (κ2) is 4.92. The van der Waals surface area contributed by atoms with Crippen LogP contribution in [0.1, 0.15) is 5.56 Å². The van der Waals surface area contributed by atoms with E-state index in [0.717, 1.165) is 4.31 Å². The number of hydrogen-bond acceptors (Lipinski definition) is 5. The molecule has 1 aromatic carbocycles. The van der Waals surface area contributed by atoms with E-state index in [2.05, 4.69) is 0 Å². The van der Waals surface area contributed by atoms with E-state index in [4.69, 9.17) is 5.26 Å². The second-order valence-corrected chi connectivity index (χ2v) is 8.37. The maximum absolute atomic E-state index is 12.4. The molecule has 0 unspecified atom stereocenters. The van der Waals surface area contributed by atoms with E-state index in [9.17, 15) is 16.8 Å². The molecule has 1 saturated heterocycles. The van der Waals surface area contributed by atoms with Crippen molar-refractivity contribution >= 4 is 19.9 Å². The Labute approximate surface area is 112 Å². The predicted molar refractivity (Wildman–Crippen MR) is 68.6 cm³/mol. The molecular formula is C11H12N2O4S2. The third-order valence-corrected chi connectivity index (χ3v) is 6.49. The maximum Gasteiger partial charge on any atom is 0.244 e. The topological polar surface area (TPSA) is 95.3 Å². The van der Waals surface area contributed by atoms with Crippen LogP contribution < -0.4 is 0 Å². The number of nitrogens with zero attached hydrogens (tertiary/aromatic N) is 2. The van der Waals surface area contributed by atoms with E-state index in [1.807, 2.05) is 6.07 Å². The first-order chi connectivity index (χ1) is 8.87. The predicted octanol–water partition coefficient (Wildman–Crippen LogP) is -0.0226. The van der Waals surface area contributed by atoms with Crippen LogP contribution in [0.25, 0.3) is 0 Å². The Morgan fingerprint density at radius 1 is 1.16 bits per heavy atom. The van der Waals surface area contributed by atoms with Crippen molar-refractivity contribution in [2.75, 3.05) is 24.6 Å². The maximum atomic E-state index is 12.4. The van der Waals surface area contributed by atoms with Gasteiger partial charge in [-0.3, -0.25) is 0 Å². The Morgan fingerprint density at radius 3 is 2.32 bits per heavy atom. The number of rotatable bonds is 2. The van der Waals surface area contributed by atoms with Gasteiger partial charge in [0.2, 0.25) is 10.0 Å². The summed E-state index contributed by atoms with van der Waals surface area (Å²) >= 11 is 0. The molecule has 0 amide bonds. The molecule has 0 spiro atoms. The molecule has 0 atom stereocenters. The molecule has 1 heterocycles. The number of sulfone groups is 1. The minimum Gasteiger partial charge on any atom is -0.229 e. The molecule has 1 aliphatic rings. The monoisotopic (exact) mass is 300 g/mol. The van der Waals surface area contributed by atoms with E-state index in [1.54, 1.807) is 6.07 Å². The van der Waals surface area contributed by atoms with Crippen molar-refractivity contribution in [1.29, 1.82) is 5.26 Å². The van der Waals surface area contributed by atoms with Gasteiger partial charge in [0.1, 0.15) is 6.07 Å². The van der Waals surface area contributed by atoms with Crippen LogP contribution in [-0.2, 0) is 19.9 Å². The number of sulfonamides is 1. The molecule has 0 saturated carbocycles. The van der Waals surface area contributed by atoms with Crippen molar-refractivity contribution in [3.05, 3.63) is 29.8 Å². The van der Waals surface area contributed by atoms with E-state index >= 15 is 0 Å². The van der Waals surface area contributed by atoms with Crippen molar-refractivity contribution < 1.29 is 16.8 Å². The summed E-state index contributed by atoms with van der Waals surface area (Å²) in [6, 6.07) is 7.73. The lowest BCUT2D eigenvalue weighted by Gasteiger charge is -2.26. The number of benzene rings is 1. The Morgan fingerprint density at radius 2 is 1.74 bits per heavy atom. The Hall–Kier alpha value is -1.43. The average Bonchev–Trinajstić information content (AvgIpc) is 2.38. The van der Waals surface area contributed by atoms with Crippen LogP contribution in [0.15, 0.2) is 29.2 Å². The second-order valence-electron chi connectivity index (χ2n) is 4.16. The van der Waals surface area contributed by atoms with Crippen LogP contribution in [0.3, 0.4) is 0 Å². The zero-order valence-electron chi connectivity index (χ0n) is 9.98. The zero-order valence-corrected chi connectivity index (χ0v) is 11.6. The smallest absolute Gasteiger partial charge is 0.229 e. The Balaban J connectivity index is 2.37. The van der Waals surface area contributed by atoms with Gasteiger partial charge in [0, 0.05) is 13.1 Å². The summed E-state index contributed by atoms with van der Waals surface area (Å²) in [5.74, 6) is -0.359. The lowest BCUT2D eigenvalue weighted by atomic mass is 10.2. The van der Waals surface area contributed by atoms with Crippen molar-refractivity contribution in [3.8, 4) is 6.07 Å². The largest absolute Gasteiger partial charge is 0.244 e. The van der Waals surface area contributed by atoms with Crippen LogP contribution in [0.4, 0.5) is 0 Å². The summed E-state index contributed by atoms with van der Waals surface area (Å²) < 4.78 is 48.4. The van der Waals surface area contributed by atoms with Crippen LogP contribution in [0.2, 0.25) is 0 Å². The molecule has 6 nitrogen and oxygen atoms in total. The van der Waals surface area contributed by atoms with Gasteiger partial charge < -0.3 is 0 Å². The van der Waals surface area contributed by atoms with Crippen LogP contribution >= 0.6 is 0 Å². The van der Waals surface area contributed by atoms with Crippen molar-refractivity contribution in [1.82, 2.24) is 4.31 Å². The van der Waals surface area contributed by atoms with Gasteiger partial charge in [-0.1, -0.05) is 12.1 Å². The summed E-state index contributed by atoms with van der Waals surface area (Å²) in [5.41, 5.74) is 0.0657. The molecule has 102 valence electrons. The highest BCUT2D eigenvalue weighted by Crippen LogP contribution is 2.21. The quantitative estimate of drug-likeness (QED) is 0.764. The molecule has 1 fully saturated rings. The highest BCUT2D eigenvalue weighted by Gasteiger charge is 2.32. The first-order valence-electron chi connectivity index (χ1n) is 5.56. The van der Waals surface area contributed by atoms with Crippen molar-refractivity contribution in [2.45, 2.75) is 4.90 Å². The first kappa shape index (κ1) is 14.0. The fourth-order valence-electron chi connectivity index (χ4n) is 1.86. The normalized spacial score (nSPS) is 19.7. The SMILES string of the molecule is N#Cc1ccccc1S(=O)(=O)N1CCS(=O)(=O)CC1. The minimum absolute atomic E-state index is 0.0651. The van der Waals surface area contributed by atoms with Gasteiger partial charge in [0.15, 0.2) is 9.84 Å². The Bertz CT molecular complexity index is 718. The van der Waals surface area contributed by atoms with E-state index in [0.29, 0.717) is 0 Å². The molecule has 0 bridgehead atoms. The highest BCUT2D eigenvalue weighted by atomic mass is 32.2. The number of hydrogen-bond donors (Lipinski definition) is 0. The average molecular weight is 300 g/mol. The minimum atomic E-state index is -3.81. The molecule has 1 aromatic rings. The third kappa shape index (κ3) is 2.78. The van der Waals surface area contributed by atoms with E-state index < -0.39 is 19.9 Å². The van der Waals surface area contributed by atoms with Crippen LogP contribution in [-0.4, -0.2) is 45.7 Å². The number of nitriles is 1. The van der Waals surface area contributed by atoms with Crippen LogP contribution in [0.5, 0.6) is 0 Å². The summed E-state index contributed by atoms with van der Waals surface area (Å²) in [7, 11) is -6.95. The zero-order chi connectivity index (χ0) is 14.1. The van der Waals surface area contributed by atoms with Gasteiger partial charge in [-0.05, 0) is 12.1 Å². The van der Waals surface area contributed by atoms with Crippen molar-refractivity contribution in [2.24, 2.45) is 0 Å². The van der Waals surface area contributed by atoms with Crippen molar-refractivity contribution in [3.63, 3.8) is 0 Å². The van der Waals surface area contributed by atoms with E-state index in [-0.39, 0.29) is 35.1 Å². The summed E-state index contributed by atoms with van der Waals surface area (Å²) in [6.07, 6.45) is 0. The summed E-state index contributed by atoms with van der Waals surface area (Å²) in [4.78, 5) is -0.0724. The highest BCUT2D eigenvalue weighted by molar-refractivity contribution is 7.92.